The summed E-state index contributed by atoms with van der Waals surface area (Å²) in [6.07, 6.45) is -0.300. The lowest BCUT2D eigenvalue weighted by Gasteiger charge is -2.28. The van der Waals surface area contributed by atoms with Crippen molar-refractivity contribution in [3.05, 3.63) is 29.8 Å². The first-order valence-corrected chi connectivity index (χ1v) is 11.2. The van der Waals surface area contributed by atoms with Gasteiger partial charge in [-0.2, -0.15) is 5.26 Å². The number of nitrogens with one attached hydrogen (secondary N) is 1. The summed E-state index contributed by atoms with van der Waals surface area (Å²) in [6, 6.07) is 2.88. The van der Waals surface area contributed by atoms with Crippen LogP contribution in [-0.4, -0.2) is 54.3 Å². The third-order valence-electron chi connectivity index (χ3n) is 5.16. The van der Waals surface area contributed by atoms with Gasteiger partial charge in [0.15, 0.2) is 9.84 Å². The van der Waals surface area contributed by atoms with E-state index < -0.39 is 67.3 Å². The number of likely N-dealkylation sites (tertiary alicyclic amines) is 1. The molecule has 1 saturated heterocycles. The third kappa shape index (κ3) is 4.79. The lowest BCUT2D eigenvalue weighted by atomic mass is 10.2. The number of nitriles is 1. The maximum absolute atomic E-state index is 14.2. The average molecular weight is 455 g/mol. The maximum Gasteiger partial charge on any atom is 0.411 e. The Morgan fingerprint density at radius 2 is 1.94 bits per heavy atom. The second-order valence-corrected chi connectivity index (χ2v) is 11.0. The van der Waals surface area contributed by atoms with Crippen LogP contribution in [0.25, 0.3) is 0 Å². The van der Waals surface area contributed by atoms with Crippen LogP contribution in [0.4, 0.5) is 13.6 Å². The van der Waals surface area contributed by atoms with E-state index in [1.54, 1.807) is 20.8 Å². The molecule has 1 aliphatic carbocycles. The van der Waals surface area contributed by atoms with Crippen molar-refractivity contribution in [1.82, 2.24) is 10.2 Å². The minimum absolute atomic E-state index is 0.314. The quantitative estimate of drug-likeness (QED) is 0.697. The predicted molar refractivity (Wildman–Crippen MR) is 104 cm³/mol. The Labute approximate surface area is 179 Å². The van der Waals surface area contributed by atoms with Gasteiger partial charge in [0, 0.05) is 12.6 Å². The number of rotatable bonds is 4. The van der Waals surface area contributed by atoms with E-state index >= 15 is 0 Å². The molecule has 0 radical (unpaired) electrons. The fraction of sp³-hybridized carbons (Fsp3) is 0.550. The van der Waals surface area contributed by atoms with Gasteiger partial charge in [0.1, 0.15) is 33.7 Å². The number of hydrogen-bond acceptors (Lipinski definition) is 6. The number of nitrogens with zero attached hydrogens (tertiary/aromatic N) is 2. The molecule has 1 aromatic carbocycles. The largest absolute Gasteiger partial charge is 0.444 e. The Hall–Kier alpha value is -2.74. The molecule has 2 aliphatic rings. The molecule has 0 unspecified atom stereocenters. The first kappa shape index (κ1) is 22.9. The number of ether oxygens (including phenoxy) is 1. The third-order valence-corrected chi connectivity index (χ3v) is 7.32. The number of halogens is 2. The second-order valence-electron chi connectivity index (χ2n) is 8.81. The van der Waals surface area contributed by atoms with E-state index in [-0.39, 0.29) is 6.42 Å². The number of carbonyl (C=O) groups is 2. The van der Waals surface area contributed by atoms with Gasteiger partial charge >= 0.3 is 6.09 Å². The molecule has 0 spiro atoms. The summed E-state index contributed by atoms with van der Waals surface area (Å²) in [6.45, 7) is 4.44. The lowest BCUT2D eigenvalue weighted by Crippen LogP contribution is -2.50. The zero-order chi connectivity index (χ0) is 23.2. The molecular weight excluding hydrogens is 432 g/mol. The van der Waals surface area contributed by atoms with Crippen LogP contribution in [0.1, 0.15) is 40.0 Å². The molecule has 1 N–H and O–H groups in total. The Bertz CT molecular complexity index is 1060. The molecule has 2 atom stereocenters. The fourth-order valence-corrected chi connectivity index (χ4v) is 5.13. The molecule has 3 rings (SSSR count). The van der Waals surface area contributed by atoms with Crippen molar-refractivity contribution < 1.29 is 31.5 Å². The summed E-state index contributed by atoms with van der Waals surface area (Å²) < 4.78 is 58.7. The molecule has 31 heavy (non-hydrogen) atoms. The molecule has 1 aliphatic heterocycles. The highest BCUT2D eigenvalue weighted by molar-refractivity contribution is 7.92. The van der Waals surface area contributed by atoms with Crippen LogP contribution >= 0.6 is 0 Å². The summed E-state index contributed by atoms with van der Waals surface area (Å²) >= 11 is 0. The van der Waals surface area contributed by atoms with Gasteiger partial charge in [0.05, 0.1) is 11.3 Å². The van der Waals surface area contributed by atoms with Crippen molar-refractivity contribution in [3.63, 3.8) is 0 Å². The van der Waals surface area contributed by atoms with Crippen LogP contribution in [0.3, 0.4) is 0 Å². The molecule has 1 aromatic rings. The number of sulfone groups is 1. The average Bonchev–Trinajstić information content (AvgIpc) is 3.25. The van der Waals surface area contributed by atoms with Crippen LogP contribution in [0, 0.1) is 23.0 Å². The number of hydrogen-bond donors (Lipinski definition) is 1. The topological polar surface area (TPSA) is 117 Å². The van der Waals surface area contributed by atoms with E-state index in [9.17, 15) is 32.0 Å². The summed E-state index contributed by atoms with van der Waals surface area (Å²) in [5, 5.41) is 10.5. The molecule has 1 heterocycles. The van der Waals surface area contributed by atoms with Gasteiger partial charge in [-0.3, -0.25) is 9.69 Å². The van der Waals surface area contributed by atoms with Gasteiger partial charge in [0.2, 0.25) is 5.91 Å². The van der Waals surface area contributed by atoms with Gasteiger partial charge in [-0.1, -0.05) is 0 Å². The van der Waals surface area contributed by atoms with Crippen molar-refractivity contribution in [2.45, 2.75) is 67.4 Å². The first-order valence-electron chi connectivity index (χ1n) is 9.70. The van der Waals surface area contributed by atoms with Gasteiger partial charge in [-0.05, 0) is 52.2 Å². The Balaban J connectivity index is 1.90. The lowest BCUT2D eigenvalue weighted by molar-refractivity contribution is -0.126. The van der Waals surface area contributed by atoms with Gasteiger partial charge in [-0.15, -0.1) is 0 Å². The minimum atomic E-state index is -4.33. The zero-order valence-electron chi connectivity index (χ0n) is 17.3. The fourth-order valence-electron chi connectivity index (χ4n) is 3.39. The first-order chi connectivity index (χ1) is 14.3. The monoisotopic (exact) mass is 455 g/mol. The normalized spacial score (nSPS) is 22.5. The van der Waals surface area contributed by atoms with E-state index in [1.165, 1.54) is 0 Å². The SMILES string of the molecule is CC(C)(C)OC(=O)N1C[C@H](S(=O)(=O)c2ccc(F)cc2F)C[C@H]1C(=O)NC1(C#N)CC1. The van der Waals surface area contributed by atoms with E-state index in [1.807, 2.05) is 6.07 Å². The highest BCUT2D eigenvalue weighted by Crippen LogP contribution is 2.36. The number of carbonyl (C=O) groups excluding carboxylic acids is 2. The zero-order valence-corrected chi connectivity index (χ0v) is 18.1. The molecule has 1 saturated carbocycles. The molecule has 8 nitrogen and oxygen atoms in total. The van der Waals surface area contributed by atoms with Gasteiger partial charge < -0.3 is 10.1 Å². The van der Waals surface area contributed by atoms with Crippen LogP contribution in [0.2, 0.25) is 0 Å². The van der Waals surface area contributed by atoms with E-state index in [0.29, 0.717) is 18.9 Å². The predicted octanol–water partition coefficient (Wildman–Crippen LogP) is 2.29. The summed E-state index contributed by atoms with van der Waals surface area (Å²) in [7, 11) is -4.33. The van der Waals surface area contributed by atoms with Crippen LogP contribution < -0.4 is 5.32 Å². The van der Waals surface area contributed by atoms with Gasteiger partial charge in [0.25, 0.3) is 0 Å². The molecule has 0 bridgehead atoms. The smallest absolute Gasteiger partial charge is 0.411 e. The van der Waals surface area contributed by atoms with Gasteiger partial charge in [-0.25, -0.2) is 22.0 Å². The van der Waals surface area contributed by atoms with Crippen molar-refractivity contribution in [3.8, 4) is 6.07 Å². The number of benzene rings is 1. The summed E-state index contributed by atoms with van der Waals surface area (Å²) in [4.78, 5) is 25.8. The van der Waals surface area contributed by atoms with E-state index in [0.717, 1.165) is 17.0 Å². The van der Waals surface area contributed by atoms with Crippen molar-refractivity contribution in [2.75, 3.05) is 6.54 Å². The van der Waals surface area contributed by atoms with Crippen LogP contribution in [0.5, 0.6) is 0 Å². The molecule has 168 valence electrons. The van der Waals surface area contributed by atoms with Crippen LogP contribution in [-0.2, 0) is 19.4 Å². The van der Waals surface area contributed by atoms with Crippen molar-refractivity contribution in [1.29, 1.82) is 5.26 Å². The molecule has 2 fully saturated rings. The second kappa shape index (κ2) is 7.75. The van der Waals surface area contributed by atoms with Crippen molar-refractivity contribution in [2.24, 2.45) is 0 Å². The van der Waals surface area contributed by atoms with E-state index in [2.05, 4.69) is 5.32 Å². The van der Waals surface area contributed by atoms with E-state index in [4.69, 9.17) is 4.74 Å². The molecule has 0 aromatic heterocycles. The number of amides is 2. The Kier molecular flexibility index (Phi) is 5.73. The Morgan fingerprint density at radius 1 is 1.29 bits per heavy atom. The standard InChI is InChI=1S/C20H23F2N3O5S/c1-19(2,3)30-18(27)25-10-13(9-15(25)17(26)24-20(11-23)6-7-20)31(28,29)16-5-4-12(21)8-14(16)22/h4-5,8,13,15H,6-7,9-10H2,1-3H3,(H,24,26)/t13-,15+/m1/s1. The molecule has 11 heteroatoms. The highest BCUT2D eigenvalue weighted by Gasteiger charge is 2.51. The summed E-state index contributed by atoms with van der Waals surface area (Å²) in [5.74, 6) is -2.86. The van der Waals surface area contributed by atoms with Crippen molar-refractivity contribution >= 4 is 21.8 Å². The minimum Gasteiger partial charge on any atom is -0.444 e. The Morgan fingerprint density at radius 3 is 2.45 bits per heavy atom. The molecule has 2 amide bonds. The summed E-state index contributed by atoms with van der Waals surface area (Å²) in [5.41, 5.74) is -1.92. The highest BCUT2D eigenvalue weighted by atomic mass is 32.2. The van der Waals surface area contributed by atoms with Crippen LogP contribution in [0.15, 0.2) is 23.1 Å². The maximum atomic E-state index is 14.2. The molecular formula is C20H23F2N3O5S.